The summed E-state index contributed by atoms with van der Waals surface area (Å²) in [6, 6.07) is 11.5. The Morgan fingerprint density at radius 2 is 2.00 bits per heavy atom. The summed E-state index contributed by atoms with van der Waals surface area (Å²) in [5.74, 6) is 0. The van der Waals surface area contributed by atoms with Gasteiger partial charge in [-0.05, 0) is 12.0 Å². The summed E-state index contributed by atoms with van der Waals surface area (Å²) in [5, 5.41) is 0. The minimum absolute atomic E-state index is 0.722. The third-order valence-electron chi connectivity index (χ3n) is 3.89. The second-order valence-electron chi connectivity index (χ2n) is 5.30. The highest BCUT2D eigenvalue weighted by molar-refractivity contribution is 5.15. The van der Waals surface area contributed by atoms with Gasteiger partial charge in [0.15, 0.2) is 0 Å². The molecular formula is C15H20N2. The van der Waals surface area contributed by atoms with Crippen molar-refractivity contribution in [3.05, 3.63) is 48.0 Å². The molecule has 3 rings (SSSR count). The number of benzene rings is 1. The number of nitrogens with zero attached hydrogens (tertiary/aromatic N) is 2. The van der Waals surface area contributed by atoms with Gasteiger partial charge in [-0.15, -0.1) is 0 Å². The first-order chi connectivity index (χ1) is 8.31. The zero-order chi connectivity index (χ0) is 11.7. The smallest absolute Gasteiger partial charge is 0.0264 e. The van der Waals surface area contributed by atoms with Gasteiger partial charge in [0, 0.05) is 38.8 Å². The fourth-order valence-electron chi connectivity index (χ4n) is 3.03. The van der Waals surface area contributed by atoms with Gasteiger partial charge in [0.2, 0.25) is 0 Å². The summed E-state index contributed by atoms with van der Waals surface area (Å²) in [7, 11) is 0. The molecule has 1 aromatic carbocycles. The molecule has 0 N–H and O–H groups in total. The van der Waals surface area contributed by atoms with Crippen LogP contribution in [0.15, 0.2) is 42.5 Å². The van der Waals surface area contributed by atoms with Gasteiger partial charge in [-0.25, -0.2) is 0 Å². The molecule has 0 aliphatic carbocycles. The Morgan fingerprint density at radius 1 is 1.18 bits per heavy atom. The van der Waals surface area contributed by atoms with Crippen LogP contribution in [0.2, 0.25) is 0 Å². The van der Waals surface area contributed by atoms with Crippen LogP contribution in [0, 0.1) is 0 Å². The van der Waals surface area contributed by atoms with Gasteiger partial charge in [-0.2, -0.15) is 0 Å². The predicted molar refractivity (Wildman–Crippen MR) is 70.8 cm³/mol. The molecule has 2 fully saturated rings. The van der Waals surface area contributed by atoms with Crippen LogP contribution in [-0.4, -0.2) is 42.0 Å². The van der Waals surface area contributed by atoms with Crippen LogP contribution in [0.1, 0.15) is 12.0 Å². The number of hydrogen-bond acceptors (Lipinski definition) is 2. The van der Waals surface area contributed by atoms with Gasteiger partial charge >= 0.3 is 0 Å². The van der Waals surface area contributed by atoms with E-state index >= 15 is 0 Å². The zero-order valence-electron chi connectivity index (χ0n) is 10.3. The normalized spacial score (nSPS) is 26.1. The van der Waals surface area contributed by atoms with Crippen molar-refractivity contribution in [1.82, 2.24) is 9.80 Å². The summed E-state index contributed by atoms with van der Waals surface area (Å²) < 4.78 is 0. The Kier molecular flexibility index (Phi) is 3.00. The molecule has 2 aliphatic rings. The molecule has 2 heterocycles. The summed E-state index contributed by atoms with van der Waals surface area (Å²) in [6.07, 6.45) is 1.20. The molecular weight excluding hydrogens is 208 g/mol. The molecule has 17 heavy (non-hydrogen) atoms. The summed E-state index contributed by atoms with van der Waals surface area (Å²) in [4.78, 5) is 5.17. The molecule has 0 spiro atoms. The lowest BCUT2D eigenvalue weighted by Crippen LogP contribution is -2.49. The molecule has 90 valence electrons. The van der Waals surface area contributed by atoms with Crippen molar-refractivity contribution in [1.29, 1.82) is 0 Å². The molecule has 1 aromatic rings. The molecule has 2 aliphatic heterocycles. The van der Waals surface area contributed by atoms with Crippen LogP contribution in [0.3, 0.4) is 0 Å². The van der Waals surface area contributed by atoms with E-state index in [4.69, 9.17) is 0 Å². The zero-order valence-corrected chi connectivity index (χ0v) is 10.3. The molecule has 2 saturated heterocycles. The van der Waals surface area contributed by atoms with E-state index in [1.165, 1.54) is 37.2 Å². The van der Waals surface area contributed by atoms with Crippen molar-refractivity contribution in [3.8, 4) is 0 Å². The molecule has 2 heteroatoms. The van der Waals surface area contributed by atoms with Crippen LogP contribution < -0.4 is 0 Å². The third-order valence-corrected chi connectivity index (χ3v) is 3.89. The second-order valence-corrected chi connectivity index (χ2v) is 5.30. The van der Waals surface area contributed by atoms with E-state index in [-0.39, 0.29) is 0 Å². The van der Waals surface area contributed by atoms with Crippen LogP contribution in [-0.2, 0) is 6.54 Å². The van der Waals surface area contributed by atoms with E-state index < -0.39 is 0 Å². The van der Waals surface area contributed by atoms with Gasteiger partial charge in [0.1, 0.15) is 0 Å². The van der Waals surface area contributed by atoms with E-state index in [9.17, 15) is 0 Å². The topological polar surface area (TPSA) is 6.48 Å². The molecule has 0 bridgehead atoms. The maximum Gasteiger partial charge on any atom is 0.0264 e. The Labute approximate surface area is 104 Å². The average molecular weight is 228 g/mol. The first-order valence-corrected chi connectivity index (χ1v) is 6.48. The molecule has 0 saturated carbocycles. The van der Waals surface area contributed by atoms with Gasteiger partial charge in [-0.3, -0.25) is 9.80 Å². The first-order valence-electron chi connectivity index (χ1n) is 6.48. The van der Waals surface area contributed by atoms with Crippen LogP contribution >= 0.6 is 0 Å². The lowest BCUT2D eigenvalue weighted by Gasteiger charge is -2.37. The Bertz CT molecular complexity index is 399. The largest absolute Gasteiger partial charge is 0.296 e. The van der Waals surface area contributed by atoms with Gasteiger partial charge < -0.3 is 0 Å². The van der Waals surface area contributed by atoms with E-state index in [0.717, 1.165) is 19.1 Å². The van der Waals surface area contributed by atoms with E-state index in [0.29, 0.717) is 0 Å². The Hall–Kier alpha value is -1.12. The molecule has 0 aromatic heterocycles. The fourth-order valence-corrected chi connectivity index (χ4v) is 3.03. The Morgan fingerprint density at radius 3 is 2.82 bits per heavy atom. The SMILES string of the molecule is C=C1C[C@@H]2CN(Cc3ccccc3)CCN2C1. The number of rotatable bonds is 2. The third kappa shape index (κ3) is 2.43. The second kappa shape index (κ2) is 4.63. The minimum atomic E-state index is 0.722. The highest BCUT2D eigenvalue weighted by atomic mass is 15.3. The maximum atomic E-state index is 4.13. The maximum absolute atomic E-state index is 4.13. The van der Waals surface area contributed by atoms with Crippen LogP contribution in [0.25, 0.3) is 0 Å². The molecule has 2 nitrogen and oxygen atoms in total. The van der Waals surface area contributed by atoms with Crippen molar-refractivity contribution in [2.24, 2.45) is 0 Å². The van der Waals surface area contributed by atoms with E-state index in [1.807, 2.05) is 0 Å². The highest BCUT2D eigenvalue weighted by Gasteiger charge is 2.31. The lowest BCUT2D eigenvalue weighted by molar-refractivity contribution is 0.0996. The van der Waals surface area contributed by atoms with Crippen molar-refractivity contribution < 1.29 is 0 Å². The highest BCUT2D eigenvalue weighted by Crippen LogP contribution is 2.25. The molecule has 0 radical (unpaired) electrons. The number of piperazine rings is 1. The fraction of sp³-hybridized carbons (Fsp3) is 0.467. The van der Waals surface area contributed by atoms with Gasteiger partial charge in [0.05, 0.1) is 0 Å². The molecule has 0 unspecified atom stereocenters. The molecule has 0 amide bonds. The lowest BCUT2D eigenvalue weighted by atomic mass is 10.1. The number of fused-ring (bicyclic) bond motifs is 1. The van der Waals surface area contributed by atoms with Crippen molar-refractivity contribution in [2.75, 3.05) is 26.2 Å². The average Bonchev–Trinajstić information content (AvgIpc) is 2.70. The van der Waals surface area contributed by atoms with E-state index in [1.54, 1.807) is 0 Å². The van der Waals surface area contributed by atoms with Crippen LogP contribution in [0.5, 0.6) is 0 Å². The van der Waals surface area contributed by atoms with Crippen molar-refractivity contribution >= 4 is 0 Å². The predicted octanol–water partition coefficient (Wildman–Crippen LogP) is 2.13. The summed E-state index contributed by atoms with van der Waals surface area (Å²) in [6.45, 7) is 9.95. The van der Waals surface area contributed by atoms with Crippen molar-refractivity contribution in [3.63, 3.8) is 0 Å². The monoisotopic (exact) mass is 228 g/mol. The van der Waals surface area contributed by atoms with Crippen molar-refractivity contribution in [2.45, 2.75) is 19.0 Å². The summed E-state index contributed by atoms with van der Waals surface area (Å²) in [5.41, 5.74) is 2.84. The molecule has 1 atom stereocenters. The first kappa shape index (κ1) is 11.0. The summed E-state index contributed by atoms with van der Waals surface area (Å²) >= 11 is 0. The minimum Gasteiger partial charge on any atom is -0.296 e. The van der Waals surface area contributed by atoms with Crippen LogP contribution in [0.4, 0.5) is 0 Å². The standard InChI is InChI=1S/C15H20N2/c1-13-9-15-12-16(7-8-17(15)10-13)11-14-5-3-2-4-6-14/h2-6,15H,1,7-12H2/t15-/m1/s1. The van der Waals surface area contributed by atoms with E-state index in [2.05, 4.69) is 46.7 Å². The Balaban J connectivity index is 1.61. The number of hydrogen-bond donors (Lipinski definition) is 0. The quantitative estimate of drug-likeness (QED) is 0.716. The van der Waals surface area contributed by atoms with Gasteiger partial charge in [-0.1, -0.05) is 42.5 Å². The van der Waals surface area contributed by atoms with Gasteiger partial charge in [0.25, 0.3) is 0 Å².